The molecule has 0 radical (unpaired) electrons. The molecule has 29 heavy (non-hydrogen) atoms. The van der Waals surface area contributed by atoms with Crippen LogP contribution in [0.4, 0.5) is 5.69 Å². The smallest absolute Gasteiger partial charge is 0.264 e. The van der Waals surface area contributed by atoms with Crippen molar-refractivity contribution in [1.29, 1.82) is 0 Å². The average molecular weight is 428 g/mol. The van der Waals surface area contributed by atoms with E-state index in [1.807, 2.05) is 17.5 Å². The van der Waals surface area contributed by atoms with Crippen LogP contribution in [0.2, 0.25) is 5.02 Å². The number of halogens is 1. The maximum absolute atomic E-state index is 13.3. The summed E-state index contributed by atoms with van der Waals surface area (Å²) >= 11 is 7.67. The van der Waals surface area contributed by atoms with Crippen LogP contribution in [0.15, 0.2) is 60.0 Å². The molecule has 0 spiro atoms. The van der Waals surface area contributed by atoms with Crippen LogP contribution < -0.4 is 9.64 Å². The third-order valence-corrected chi connectivity index (χ3v) is 6.11. The molecule has 1 amide bonds. The van der Waals surface area contributed by atoms with Gasteiger partial charge in [-0.3, -0.25) is 9.59 Å². The van der Waals surface area contributed by atoms with E-state index in [1.165, 1.54) is 23.3 Å². The van der Waals surface area contributed by atoms with Crippen LogP contribution in [-0.2, 0) is 16.9 Å². The van der Waals surface area contributed by atoms with Crippen molar-refractivity contribution in [1.82, 2.24) is 0 Å². The number of carbonyl (C=O) groups is 2. The summed E-state index contributed by atoms with van der Waals surface area (Å²) in [5.74, 6) is -0.526. The van der Waals surface area contributed by atoms with Crippen LogP contribution >= 0.6 is 22.9 Å². The molecule has 1 aliphatic heterocycles. The predicted octanol–water partition coefficient (Wildman–Crippen LogP) is 4.42. The second-order valence-corrected chi connectivity index (χ2v) is 8.26. The summed E-state index contributed by atoms with van der Waals surface area (Å²) in [5.41, 5.74) is -0.774. The third kappa shape index (κ3) is 3.44. The van der Waals surface area contributed by atoms with Crippen LogP contribution in [0.25, 0.3) is 0 Å². The number of thiophene rings is 1. The number of nitrogens with zero attached hydrogens (tertiary/aromatic N) is 1. The third-order valence-electron chi connectivity index (χ3n) is 5.01. The van der Waals surface area contributed by atoms with Gasteiger partial charge in [-0.25, -0.2) is 0 Å². The number of hydrogen-bond acceptors (Lipinski definition) is 5. The second kappa shape index (κ2) is 7.63. The molecule has 1 atom stereocenters. The van der Waals surface area contributed by atoms with E-state index < -0.39 is 17.9 Å². The quantitative estimate of drug-likeness (QED) is 0.591. The number of rotatable bonds is 6. The number of para-hydroxylation sites is 1. The first kappa shape index (κ1) is 19.6. The fraction of sp³-hybridized carbons (Fsp3) is 0.182. The molecule has 148 valence electrons. The fourth-order valence-corrected chi connectivity index (χ4v) is 4.48. The van der Waals surface area contributed by atoms with Gasteiger partial charge in [0.2, 0.25) is 0 Å². The molecule has 1 unspecified atom stereocenters. The molecule has 0 fully saturated rings. The van der Waals surface area contributed by atoms with E-state index in [9.17, 15) is 14.7 Å². The van der Waals surface area contributed by atoms with E-state index in [1.54, 1.807) is 42.5 Å². The number of benzene rings is 2. The van der Waals surface area contributed by atoms with Crippen molar-refractivity contribution in [2.24, 2.45) is 0 Å². The van der Waals surface area contributed by atoms with Crippen molar-refractivity contribution in [2.45, 2.75) is 18.6 Å². The van der Waals surface area contributed by atoms with Gasteiger partial charge in [0, 0.05) is 15.5 Å². The molecule has 1 N–H and O–H groups in total. The van der Waals surface area contributed by atoms with Crippen molar-refractivity contribution in [3.05, 3.63) is 81.0 Å². The molecule has 3 aromatic rings. The highest BCUT2D eigenvalue weighted by Gasteiger charge is 2.51. The lowest BCUT2D eigenvalue weighted by Gasteiger charge is -2.23. The highest BCUT2D eigenvalue weighted by molar-refractivity contribution is 7.09. The minimum Gasteiger partial charge on any atom is -0.496 e. The lowest BCUT2D eigenvalue weighted by atomic mass is 9.88. The summed E-state index contributed by atoms with van der Waals surface area (Å²) in [7, 11) is 1.47. The van der Waals surface area contributed by atoms with Crippen molar-refractivity contribution < 1.29 is 19.4 Å². The first-order chi connectivity index (χ1) is 13.9. The molecule has 0 saturated heterocycles. The zero-order chi connectivity index (χ0) is 20.6. The summed E-state index contributed by atoms with van der Waals surface area (Å²) in [6.45, 7) is 0.316. The van der Waals surface area contributed by atoms with E-state index in [2.05, 4.69) is 0 Å². The van der Waals surface area contributed by atoms with Crippen molar-refractivity contribution in [3.8, 4) is 5.75 Å². The van der Waals surface area contributed by atoms with Crippen LogP contribution in [0.5, 0.6) is 5.75 Å². The molecular formula is C22H18ClNO4S. The number of aliphatic hydroxyl groups is 1. The molecular weight excluding hydrogens is 410 g/mol. The monoisotopic (exact) mass is 427 g/mol. The zero-order valence-corrected chi connectivity index (χ0v) is 17.2. The molecule has 1 aromatic heterocycles. The lowest BCUT2D eigenvalue weighted by molar-refractivity contribution is -0.136. The van der Waals surface area contributed by atoms with Crippen molar-refractivity contribution in [3.63, 3.8) is 0 Å². The Morgan fingerprint density at radius 3 is 2.72 bits per heavy atom. The first-order valence-electron chi connectivity index (χ1n) is 8.97. The van der Waals surface area contributed by atoms with E-state index in [0.29, 0.717) is 34.1 Å². The fourth-order valence-electron chi connectivity index (χ4n) is 3.61. The molecule has 4 rings (SSSR count). The molecule has 2 aromatic carbocycles. The molecule has 0 aliphatic carbocycles. The Bertz CT molecular complexity index is 1080. The summed E-state index contributed by atoms with van der Waals surface area (Å²) in [6, 6.07) is 15.5. The average Bonchev–Trinajstić information content (AvgIpc) is 3.30. The van der Waals surface area contributed by atoms with E-state index in [0.717, 1.165) is 4.88 Å². The Morgan fingerprint density at radius 2 is 2.00 bits per heavy atom. The summed E-state index contributed by atoms with van der Waals surface area (Å²) in [4.78, 5) is 28.8. The number of ketones is 1. The number of methoxy groups -OCH3 is 1. The largest absolute Gasteiger partial charge is 0.496 e. The number of ether oxygens (including phenoxy) is 1. The lowest BCUT2D eigenvalue weighted by Crippen LogP contribution is -2.41. The minimum absolute atomic E-state index is 0.316. The zero-order valence-electron chi connectivity index (χ0n) is 15.6. The van der Waals surface area contributed by atoms with Gasteiger partial charge in [0.05, 0.1) is 31.3 Å². The summed E-state index contributed by atoms with van der Waals surface area (Å²) < 4.78 is 5.25. The number of anilines is 1. The Balaban J connectivity index is 1.73. The van der Waals surface area contributed by atoms with Crippen LogP contribution in [-0.4, -0.2) is 23.9 Å². The number of carbonyl (C=O) groups excluding carboxylic acids is 2. The second-order valence-electron chi connectivity index (χ2n) is 6.79. The summed E-state index contributed by atoms with van der Waals surface area (Å²) in [5, 5.41) is 13.7. The number of amides is 1. The maximum Gasteiger partial charge on any atom is 0.264 e. The van der Waals surface area contributed by atoms with Gasteiger partial charge in [0.15, 0.2) is 11.4 Å². The van der Waals surface area contributed by atoms with Gasteiger partial charge in [0.25, 0.3) is 5.91 Å². The van der Waals surface area contributed by atoms with E-state index >= 15 is 0 Å². The number of fused-ring (bicyclic) bond motifs is 1. The van der Waals surface area contributed by atoms with Gasteiger partial charge >= 0.3 is 0 Å². The van der Waals surface area contributed by atoms with Crippen molar-refractivity contribution in [2.75, 3.05) is 12.0 Å². The highest BCUT2D eigenvalue weighted by atomic mass is 35.5. The van der Waals surface area contributed by atoms with Crippen LogP contribution in [0, 0.1) is 0 Å². The standard InChI is InChI=1S/C22H18ClNO4S/c1-28-20-7-3-2-6-16(20)19(25)12-22(27)17-11-14(23)8-9-18(17)24(21(22)26)13-15-5-4-10-29-15/h2-11,27H,12-13H2,1H3. The molecule has 0 bridgehead atoms. The summed E-state index contributed by atoms with van der Waals surface area (Å²) in [6.07, 6.45) is -0.402. The van der Waals surface area contributed by atoms with Gasteiger partial charge in [-0.05, 0) is 41.8 Å². The van der Waals surface area contributed by atoms with Crippen molar-refractivity contribution >= 4 is 40.3 Å². The normalized spacial score (nSPS) is 18.0. The maximum atomic E-state index is 13.3. The molecule has 5 nitrogen and oxygen atoms in total. The molecule has 7 heteroatoms. The Labute approximate surface area is 177 Å². The Kier molecular flexibility index (Phi) is 5.17. The van der Waals surface area contributed by atoms with Gasteiger partial charge in [-0.2, -0.15) is 0 Å². The Morgan fingerprint density at radius 1 is 1.21 bits per heavy atom. The SMILES string of the molecule is COc1ccccc1C(=O)CC1(O)C(=O)N(Cc2cccs2)c2ccc(Cl)cc21. The number of hydrogen-bond donors (Lipinski definition) is 1. The van der Waals surface area contributed by atoms with Gasteiger partial charge in [-0.15, -0.1) is 11.3 Å². The van der Waals surface area contributed by atoms with E-state index in [4.69, 9.17) is 16.3 Å². The molecule has 1 aliphatic rings. The van der Waals surface area contributed by atoms with Gasteiger partial charge in [0.1, 0.15) is 5.75 Å². The topological polar surface area (TPSA) is 66.8 Å². The van der Waals surface area contributed by atoms with Gasteiger partial charge in [-0.1, -0.05) is 29.8 Å². The predicted molar refractivity (Wildman–Crippen MR) is 113 cm³/mol. The molecule has 0 saturated carbocycles. The van der Waals surface area contributed by atoms with Crippen LogP contribution in [0.1, 0.15) is 27.2 Å². The first-order valence-corrected chi connectivity index (χ1v) is 10.2. The van der Waals surface area contributed by atoms with Gasteiger partial charge < -0.3 is 14.7 Å². The Hall–Kier alpha value is -2.67. The number of Topliss-reactive ketones (excluding diaryl/α,β-unsaturated/α-hetero) is 1. The minimum atomic E-state index is -1.99. The molecule has 2 heterocycles. The highest BCUT2D eigenvalue weighted by Crippen LogP contribution is 2.45. The van der Waals surface area contributed by atoms with Crippen LogP contribution in [0.3, 0.4) is 0 Å². The van der Waals surface area contributed by atoms with E-state index in [-0.39, 0.29) is 5.78 Å².